The van der Waals surface area contributed by atoms with E-state index in [0.717, 1.165) is 10.9 Å². The molecule has 1 N–H and O–H groups in total. The van der Waals surface area contributed by atoms with E-state index in [-0.39, 0.29) is 42.7 Å². The zero-order valence-electron chi connectivity index (χ0n) is 16.8. The minimum Gasteiger partial charge on any atom is -0.339 e. The quantitative estimate of drug-likeness (QED) is 0.508. The minimum absolute atomic E-state index is 0.0821. The number of benzene rings is 1. The van der Waals surface area contributed by atoms with Crippen LogP contribution in [0, 0.1) is 5.82 Å². The van der Waals surface area contributed by atoms with Crippen molar-refractivity contribution in [2.45, 2.75) is 10.1 Å². The number of piperazine rings is 1. The van der Waals surface area contributed by atoms with Crippen molar-refractivity contribution in [2.24, 2.45) is 0 Å². The molecule has 8 nitrogen and oxygen atoms in total. The molecule has 0 bridgehead atoms. The summed E-state index contributed by atoms with van der Waals surface area (Å²) in [7, 11) is -3.79. The van der Waals surface area contributed by atoms with Crippen molar-refractivity contribution in [1.29, 1.82) is 0 Å². The third-order valence-corrected chi connectivity index (χ3v) is 8.35. The Balaban J connectivity index is 1.27. The fourth-order valence-corrected chi connectivity index (χ4v) is 5.90. The number of aromatic amines is 1. The predicted molar refractivity (Wildman–Crippen MR) is 122 cm³/mol. The highest BCUT2D eigenvalue weighted by Crippen LogP contribution is 2.20. The van der Waals surface area contributed by atoms with Gasteiger partial charge in [-0.2, -0.15) is 4.31 Å². The van der Waals surface area contributed by atoms with Gasteiger partial charge in [-0.15, -0.1) is 16.4 Å². The van der Waals surface area contributed by atoms with Gasteiger partial charge in [0.25, 0.3) is 0 Å². The predicted octanol–water partition coefficient (Wildman–Crippen LogP) is 2.80. The Labute approximate surface area is 193 Å². The van der Waals surface area contributed by atoms with Crippen LogP contribution < -0.4 is 0 Å². The molecule has 1 aliphatic heterocycles. The first-order valence-electron chi connectivity index (χ1n) is 9.72. The number of nitrogens with zero attached hydrogens (tertiary/aromatic N) is 4. The lowest BCUT2D eigenvalue weighted by Crippen LogP contribution is -2.51. The molecular formula is C20H20FN5O3S3. The SMILES string of the molecule is O=C(CSc1n[nH]c(/C=C/c2cccs2)n1)N1CCN(S(=O)(=O)c2cccc(F)c2)CC1. The van der Waals surface area contributed by atoms with E-state index in [4.69, 9.17) is 0 Å². The van der Waals surface area contributed by atoms with Crippen molar-refractivity contribution in [3.63, 3.8) is 0 Å². The van der Waals surface area contributed by atoms with E-state index in [2.05, 4.69) is 15.2 Å². The highest BCUT2D eigenvalue weighted by atomic mass is 32.2. The topological polar surface area (TPSA) is 99.3 Å². The number of hydrogen-bond acceptors (Lipinski definition) is 7. The van der Waals surface area contributed by atoms with Crippen LogP contribution >= 0.6 is 23.1 Å². The number of sulfonamides is 1. The van der Waals surface area contributed by atoms with Crippen LogP contribution in [-0.2, 0) is 14.8 Å². The van der Waals surface area contributed by atoms with Gasteiger partial charge in [0.05, 0.1) is 10.6 Å². The molecular weight excluding hydrogens is 473 g/mol. The second kappa shape index (κ2) is 9.94. The van der Waals surface area contributed by atoms with E-state index in [1.54, 1.807) is 16.2 Å². The number of amides is 1. The fourth-order valence-electron chi connectivity index (χ4n) is 3.12. The monoisotopic (exact) mass is 493 g/mol. The van der Waals surface area contributed by atoms with Gasteiger partial charge in [0, 0.05) is 31.1 Å². The molecule has 2 aromatic heterocycles. The van der Waals surface area contributed by atoms with E-state index in [0.29, 0.717) is 11.0 Å². The second-order valence-electron chi connectivity index (χ2n) is 6.88. The number of halogens is 1. The third-order valence-electron chi connectivity index (χ3n) is 4.78. The lowest BCUT2D eigenvalue weighted by molar-refractivity contribution is -0.129. The van der Waals surface area contributed by atoms with Crippen molar-refractivity contribution < 1.29 is 17.6 Å². The normalized spacial score (nSPS) is 15.5. The molecule has 1 fully saturated rings. The van der Waals surface area contributed by atoms with Gasteiger partial charge in [-0.05, 0) is 41.8 Å². The van der Waals surface area contributed by atoms with Crippen molar-refractivity contribution in [2.75, 3.05) is 31.9 Å². The Morgan fingerprint density at radius 2 is 2.00 bits per heavy atom. The van der Waals surface area contributed by atoms with Crippen LogP contribution in [0.2, 0.25) is 0 Å². The summed E-state index contributed by atoms with van der Waals surface area (Å²) < 4.78 is 40.1. The van der Waals surface area contributed by atoms with E-state index in [1.165, 1.54) is 34.3 Å². The Kier molecular flexibility index (Phi) is 7.04. The van der Waals surface area contributed by atoms with Gasteiger partial charge in [-0.25, -0.2) is 17.8 Å². The average Bonchev–Trinajstić information content (AvgIpc) is 3.48. The van der Waals surface area contributed by atoms with Gasteiger partial charge in [-0.1, -0.05) is 23.9 Å². The number of carbonyl (C=O) groups is 1. The van der Waals surface area contributed by atoms with Crippen molar-refractivity contribution >= 4 is 51.2 Å². The summed E-state index contributed by atoms with van der Waals surface area (Å²) in [6, 6.07) is 8.90. The molecule has 1 aromatic carbocycles. The first-order valence-corrected chi connectivity index (χ1v) is 13.0. The molecule has 1 saturated heterocycles. The maximum atomic E-state index is 13.4. The first kappa shape index (κ1) is 22.6. The van der Waals surface area contributed by atoms with Gasteiger partial charge < -0.3 is 4.90 Å². The van der Waals surface area contributed by atoms with Crippen LogP contribution in [-0.4, -0.2) is 70.6 Å². The molecule has 32 heavy (non-hydrogen) atoms. The average molecular weight is 494 g/mol. The Bertz CT molecular complexity index is 1200. The molecule has 1 amide bonds. The van der Waals surface area contributed by atoms with Crippen LogP contribution in [0.3, 0.4) is 0 Å². The Morgan fingerprint density at radius 3 is 2.72 bits per heavy atom. The van der Waals surface area contributed by atoms with Crippen molar-refractivity contribution in [1.82, 2.24) is 24.4 Å². The molecule has 0 saturated carbocycles. The number of carbonyl (C=O) groups excluding carboxylic acids is 1. The Morgan fingerprint density at radius 1 is 1.19 bits per heavy atom. The van der Waals surface area contributed by atoms with Gasteiger partial charge in [0.15, 0.2) is 0 Å². The molecule has 3 heterocycles. The summed E-state index contributed by atoms with van der Waals surface area (Å²) in [5.74, 6) is 0.0413. The van der Waals surface area contributed by atoms with Crippen molar-refractivity contribution in [3.8, 4) is 0 Å². The molecule has 3 aromatic rings. The molecule has 0 aliphatic carbocycles. The molecule has 0 spiro atoms. The van der Waals surface area contributed by atoms with E-state index >= 15 is 0 Å². The van der Waals surface area contributed by atoms with Crippen LogP contribution in [0.4, 0.5) is 4.39 Å². The van der Waals surface area contributed by atoms with Crippen molar-refractivity contribution in [3.05, 3.63) is 58.3 Å². The molecule has 168 valence electrons. The number of thiophene rings is 1. The summed E-state index contributed by atoms with van der Waals surface area (Å²) in [6.45, 7) is 0.870. The molecule has 0 unspecified atom stereocenters. The van der Waals surface area contributed by atoms with Crippen LogP contribution in [0.5, 0.6) is 0 Å². The van der Waals surface area contributed by atoms with Crippen LogP contribution in [0.1, 0.15) is 10.7 Å². The van der Waals surface area contributed by atoms with Gasteiger partial charge in [0.2, 0.25) is 21.1 Å². The van der Waals surface area contributed by atoms with Gasteiger partial charge >= 0.3 is 0 Å². The summed E-state index contributed by atoms with van der Waals surface area (Å²) >= 11 is 2.84. The maximum Gasteiger partial charge on any atom is 0.243 e. The highest BCUT2D eigenvalue weighted by molar-refractivity contribution is 7.99. The number of hydrogen-bond donors (Lipinski definition) is 1. The van der Waals surface area contributed by atoms with Gasteiger partial charge in [0.1, 0.15) is 11.6 Å². The number of thioether (sulfide) groups is 1. The maximum absolute atomic E-state index is 13.4. The molecule has 0 atom stereocenters. The standard InChI is InChI=1S/C20H20FN5O3S3/c21-15-3-1-5-17(13-15)32(28,29)26-10-8-25(9-11-26)19(27)14-31-20-22-18(23-24-20)7-6-16-4-2-12-30-16/h1-7,12-13H,8-11,14H2,(H,22,23,24)/b7-6+. The zero-order valence-corrected chi connectivity index (χ0v) is 19.3. The number of rotatable bonds is 7. The molecule has 4 rings (SSSR count). The molecule has 0 radical (unpaired) electrons. The number of nitrogens with one attached hydrogen (secondary N) is 1. The van der Waals surface area contributed by atoms with Crippen LogP contribution in [0.25, 0.3) is 12.2 Å². The summed E-state index contributed by atoms with van der Waals surface area (Å²) in [4.78, 5) is 19.5. The fraction of sp³-hybridized carbons (Fsp3) is 0.250. The third kappa shape index (κ3) is 5.44. The van der Waals surface area contributed by atoms with E-state index < -0.39 is 15.8 Å². The summed E-state index contributed by atoms with van der Waals surface area (Å²) in [6.07, 6.45) is 3.76. The first-order chi connectivity index (χ1) is 15.4. The summed E-state index contributed by atoms with van der Waals surface area (Å²) in [5.41, 5.74) is 0. The molecule has 1 aliphatic rings. The molecule has 12 heteroatoms. The lowest BCUT2D eigenvalue weighted by atomic mass is 10.3. The highest BCUT2D eigenvalue weighted by Gasteiger charge is 2.30. The zero-order chi connectivity index (χ0) is 22.6. The van der Waals surface area contributed by atoms with E-state index in [1.807, 2.05) is 29.7 Å². The van der Waals surface area contributed by atoms with E-state index in [9.17, 15) is 17.6 Å². The lowest BCUT2D eigenvalue weighted by Gasteiger charge is -2.34. The largest absolute Gasteiger partial charge is 0.339 e. The smallest absolute Gasteiger partial charge is 0.243 e. The van der Waals surface area contributed by atoms with Crippen LogP contribution in [0.15, 0.2) is 51.8 Å². The number of aromatic nitrogens is 3. The van der Waals surface area contributed by atoms with Gasteiger partial charge in [-0.3, -0.25) is 9.89 Å². The second-order valence-corrected chi connectivity index (χ2v) is 10.7. The minimum atomic E-state index is -3.79. The Hall–Kier alpha value is -2.54. The summed E-state index contributed by atoms with van der Waals surface area (Å²) in [5, 5.41) is 9.39. The number of H-pyrrole nitrogens is 1.